The van der Waals surface area contributed by atoms with Gasteiger partial charge in [-0.05, 0) is 47.1 Å². The first-order valence-electron chi connectivity index (χ1n) is 5.50. The summed E-state index contributed by atoms with van der Waals surface area (Å²) in [6, 6.07) is 5.56. The molecule has 0 unspecified atom stereocenters. The molecular weight excluding hydrogens is 349 g/mol. The largest absolute Gasteiger partial charge is 0.399 e. The summed E-state index contributed by atoms with van der Waals surface area (Å²) in [5, 5.41) is 0. The Morgan fingerprint density at radius 2 is 2.10 bits per heavy atom. The van der Waals surface area contributed by atoms with Crippen LogP contribution in [0.1, 0.15) is 5.56 Å². The highest BCUT2D eigenvalue weighted by atomic mass is 79.9. The quantitative estimate of drug-likeness (QED) is 0.825. The molecule has 0 aliphatic carbocycles. The monoisotopic (exact) mass is 359 g/mol. The van der Waals surface area contributed by atoms with Crippen molar-refractivity contribution in [2.75, 3.05) is 10.5 Å². The van der Waals surface area contributed by atoms with Crippen LogP contribution in [0.15, 0.2) is 39.8 Å². The van der Waals surface area contributed by atoms with Crippen LogP contribution >= 0.6 is 15.9 Å². The van der Waals surface area contributed by atoms with Crippen LogP contribution in [0.25, 0.3) is 0 Å². The predicted octanol–water partition coefficient (Wildman–Crippen LogP) is 2.67. The van der Waals surface area contributed by atoms with E-state index in [9.17, 15) is 12.8 Å². The SMILES string of the molecule is Cc1c(F)cc(N)cc1S(=O)(=O)Nc1ncccc1Br. The number of rotatable bonds is 3. The molecule has 0 bridgehead atoms. The Balaban J connectivity index is 2.49. The topological polar surface area (TPSA) is 85.1 Å². The van der Waals surface area contributed by atoms with Crippen LogP contribution in [0.3, 0.4) is 0 Å². The molecule has 106 valence electrons. The zero-order chi connectivity index (χ0) is 14.9. The van der Waals surface area contributed by atoms with Crippen molar-refractivity contribution in [2.24, 2.45) is 0 Å². The van der Waals surface area contributed by atoms with Crippen LogP contribution in [0.2, 0.25) is 0 Å². The minimum Gasteiger partial charge on any atom is -0.399 e. The Morgan fingerprint density at radius 1 is 1.40 bits per heavy atom. The van der Waals surface area contributed by atoms with Gasteiger partial charge < -0.3 is 5.73 Å². The number of pyridine rings is 1. The number of hydrogen-bond donors (Lipinski definition) is 2. The maximum Gasteiger partial charge on any atom is 0.263 e. The van der Waals surface area contributed by atoms with Gasteiger partial charge in [-0.15, -0.1) is 0 Å². The second-order valence-corrected chi connectivity index (χ2v) is 6.57. The summed E-state index contributed by atoms with van der Waals surface area (Å²) in [6.45, 7) is 1.37. The van der Waals surface area contributed by atoms with Crippen molar-refractivity contribution < 1.29 is 12.8 Å². The molecule has 0 spiro atoms. The first kappa shape index (κ1) is 14.7. The molecule has 1 aromatic carbocycles. The van der Waals surface area contributed by atoms with E-state index >= 15 is 0 Å². The highest BCUT2D eigenvalue weighted by molar-refractivity contribution is 9.10. The third-order valence-electron chi connectivity index (χ3n) is 2.60. The van der Waals surface area contributed by atoms with E-state index < -0.39 is 15.8 Å². The van der Waals surface area contributed by atoms with E-state index in [1.54, 1.807) is 12.1 Å². The zero-order valence-electron chi connectivity index (χ0n) is 10.4. The number of nitrogen functional groups attached to an aromatic ring is 1. The van der Waals surface area contributed by atoms with Crippen LogP contribution in [0.4, 0.5) is 15.9 Å². The molecule has 5 nitrogen and oxygen atoms in total. The molecule has 0 radical (unpaired) electrons. The van der Waals surface area contributed by atoms with E-state index in [1.807, 2.05) is 0 Å². The first-order chi connectivity index (χ1) is 9.31. The summed E-state index contributed by atoms with van der Waals surface area (Å²) in [5.41, 5.74) is 5.53. The average Bonchev–Trinajstić information content (AvgIpc) is 2.36. The summed E-state index contributed by atoms with van der Waals surface area (Å²) >= 11 is 3.18. The number of hydrogen-bond acceptors (Lipinski definition) is 4. The number of nitrogens with zero attached hydrogens (tertiary/aromatic N) is 1. The highest BCUT2D eigenvalue weighted by Crippen LogP contribution is 2.26. The van der Waals surface area contributed by atoms with E-state index in [2.05, 4.69) is 25.6 Å². The molecule has 0 saturated carbocycles. The average molecular weight is 360 g/mol. The molecule has 2 aromatic rings. The van der Waals surface area contributed by atoms with Crippen molar-refractivity contribution in [2.45, 2.75) is 11.8 Å². The lowest BCUT2D eigenvalue weighted by Gasteiger charge is -2.12. The number of anilines is 2. The number of nitrogens with two attached hydrogens (primary N) is 1. The van der Waals surface area contributed by atoms with Gasteiger partial charge in [0.15, 0.2) is 5.82 Å². The number of nitrogens with one attached hydrogen (secondary N) is 1. The van der Waals surface area contributed by atoms with Crippen LogP contribution in [-0.2, 0) is 10.0 Å². The molecule has 0 aliphatic heterocycles. The lowest BCUT2D eigenvalue weighted by atomic mass is 10.2. The predicted molar refractivity (Wildman–Crippen MR) is 78.3 cm³/mol. The molecule has 1 heterocycles. The molecule has 0 fully saturated rings. The summed E-state index contributed by atoms with van der Waals surface area (Å²) in [6.07, 6.45) is 1.44. The minimum absolute atomic E-state index is 0.00115. The van der Waals surface area contributed by atoms with E-state index in [4.69, 9.17) is 5.73 Å². The van der Waals surface area contributed by atoms with Gasteiger partial charge in [-0.25, -0.2) is 17.8 Å². The van der Waals surface area contributed by atoms with Crippen LogP contribution in [0, 0.1) is 12.7 Å². The maximum atomic E-state index is 13.6. The first-order valence-corrected chi connectivity index (χ1v) is 7.78. The molecule has 20 heavy (non-hydrogen) atoms. The Bertz CT molecular complexity index is 765. The minimum atomic E-state index is -3.97. The van der Waals surface area contributed by atoms with Crippen LogP contribution in [-0.4, -0.2) is 13.4 Å². The smallest absolute Gasteiger partial charge is 0.263 e. The second kappa shape index (κ2) is 5.37. The van der Waals surface area contributed by atoms with Gasteiger partial charge in [0.25, 0.3) is 10.0 Å². The molecule has 0 amide bonds. The maximum absolute atomic E-state index is 13.6. The van der Waals surface area contributed by atoms with Gasteiger partial charge in [0, 0.05) is 17.4 Å². The summed E-state index contributed by atoms with van der Waals surface area (Å²) < 4.78 is 40.9. The molecule has 2 rings (SSSR count). The molecular formula is C12H11BrFN3O2S. The van der Waals surface area contributed by atoms with Gasteiger partial charge in [-0.2, -0.15) is 0 Å². The number of sulfonamides is 1. The molecule has 1 aromatic heterocycles. The molecule has 0 saturated heterocycles. The van der Waals surface area contributed by atoms with Crippen molar-refractivity contribution in [1.29, 1.82) is 0 Å². The van der Waals surface area contributed by atoms with Crippen LogP contribution in [0.5, 0.6) is 0 Å². The van der Waals surface area contributed by atoms with Gasteiger partial charge >= 0.3 is 0 Å². The second-order valence-electron chi connectivity index (χ2n) is 4.07. The standard InChI is InChI=1S/C12H11BrFN3O2S/c1-7-10(14)5-8(15)6-11(7)20(18,19)17-12-9(13)3-2-4-16-12/h2-6H,15H2,1H3,(H,16,17). The van der Waals surface area contributed by atoms with Crippen LogP contribution < -0.4 is 10.5 Å². The van der Waals surface area contributed by atoms with Gasteiger partial charge in [0.1, 0.15) is 5.82 Å². The van der Waals surface area contributed by atoms with Crippen molar-refractivity contribution in [1.82, 2.24) is 4.98 Å². The van der Waals surface area contributed by atoms with E-state index in [0.717, 1.165) is 6.07 Å². The van der Waals surface area contributed by atoms with Gasteiger partial charge in [0.05, 0.1) is 9.37 Å². The number of aromatic nitrogens is 1. The molecule has 0 aliphatic rings. The Hall–Kier alpha value is -1.67. The number of benzene rings is 1. The lowest BCUT2D eigenvalue weighted by molar-refractivity contribution is 0.591. The van der Waals surface area contributed by atoms with Crippen molar-refractivity contribution in [3.63, 3.8) is 0 Å². The van der Waals surface area contributed by atoms with Crippen molar-refractivity contribution in [3.05, 3.63) is 46.3 Å². The Labute approximate surface area is 124 Å². The van der Waals surface area contributed by atoms with Gasteiger partial charge in [0.2, 0.25) is 0 Å². The lowest BCUT2D eigenvalue weighted by Crippen LogP contribution is -2.16. The number of halogens is 2. The van der Waals surface area contributed by atoms with Crippen molar-refractivity contribution >= 4 is 37.5 Å². The van der Waals surface area contributed by atoms with E-state index in [0.29, 0.717) is 4.47 Å². The fourth-order valence-corrected chi connectivity index (χ4v) is 3.40. The molecule has 8 heteroatoms. The van der Waals surface area contributed by atoms with Gasteiger partial charge in [-0.3, -0.25) is 4.72 Å². The third-order valence-corrected chi connectivity index (χ3v) is 4.70. The van der Waals surface area contributed by atoms with E-state index in [1.165, 1.54) is 19.2 Å². The summed E-state index contributed by atoms with van der Waals surface area (Å²) in [7, 11) is -3.97. The van der Waals surface area contributed by atoms with Crippen molar-refractivity contribution in [3.8, 4) is 0 Å². The Morgan fingerprint density at radius 3 is 2.75 bits per heavy atom. The normalized spacial score (nSPS) is 11.3. The fourth-order valence-electron chi connectivity index (χ4n) is 1.60. The third kappa shape index (κ3) is 2.91. The van der Waals surface area contributed by atoms with Gasteiger partial charge in [-0.1, -0.05) is 0 Å². The zero-order valence-corrected chi connectivity index (χ0v) is 12.8. The Kier molecular flexibility index (Phi) is 3.96. The molecule has 0 atom stereocenters. The summed E-state index contributed by atoms with van der Waals surface area (Å²) in [5.74, 6) is -0.555. The fraction of sp³-hybridized carbons (Fsp3) is 0.0833. The molecule has 3 N–H and O–H groups in total. The van der Waals surface area contributed by atoms with E-state index in [-0.39, 0.29) is 22.0 Å². The summed E-state index contributed by atoms with van der Waals surface area (Å²) in [4.78, 5) is 3.69. The highest BCUT2D eigenvalue weighted by Gasteiger charge is 2.21.